The lowest BCUT2D eigenvalue weighted by atomic mass is 10.0. The van der Waals surface area contributed by atoms with E-state index in [4.69, 9.17) is 4.74 Å². The fraction of sp³-hybridized carbons (Fsp3) is 0.381. The lowest BCUT2D eigenvalue weighted by Gasteiger charge is -2.21. The molecule has 1 heterocycles. The van der Waals surface area contributed by atoms with Crippen LogP contribution in [0.4, 0.5) is 0 Å². The fourth-order valence-corrected chi connectivity index (χ4v) is 2.62. The van der Waals surface area contributed by atoms with E-state index < -0.39 is 6.04 Å². The molecular weight excluding hydrogens is 356 g/mol. The molecule has 7 heteroatoms. The molecule has 1 atom stereocenters. The third kappa shape index (κ3) is 6.90. The van der Waals surface area contributed by atoms with Gasteiger partial charge in [0.2, 0.25) is 11.8 Å². The first-order valence-electron chi connectivity index (χ1n) is 9.37. The summed E-state index contributed by atoms with van der Waals surface area (Å²) in [6.07, 6.45) is 7.51. The Balaban J connectivity index is 1.81. The summed E-state index contributed by atoms with van der Waals surface area (Å²) in [4.78, 5) is 24.7. The van der Waals surface area contributed by atoms with Crippen LogP contribution >= 0.6 is 0 Å². The molecule has 0 fully saturated rings. The van der Waals surface area contributed by atoms with Crippen LogP contribution in [0.1, 0.15) is 25.8 Å². The third-order valence-electron chi connectivity index (χ3n) is 4.21. The molecule has 2 amide bonds. The van der Waals surface area contributed by atoms with E-state index in [1.807, 2.05) is 55.1 Å². The van der Waals surface area contributed by atoms with Gasteiger partial charge in [0.1, 0.15) is 11.8 Å². The first-order valence-corrected chi connectivity index (χ1v) is 9.37. The van der Waals surface area contributed by atoms with Gasteiger partial charge < -0.3 is 15.4 Å². The molecule has 1 aromatic heterocycles. The zero-order valence-corrected chi connectivity index (χ0v) is 16.6. The topological polar surface area (TPSA) is 85.2 Å². The van der Waals surface area contributed by atoms with E-state index in [9.17, 15) is 9.59 Å². The maximum absolute atomic E-state index is 12.4. The number of ether oxygens (including phenoxy) is 1. The molecular formula is C21H28N4O3. The van der Waals surface area contributed by atoms with Crippen molar-refractivity contribution in [3.63, 3.8) is 0 Å². The van der Waals surface area contributed by atoms with E-state index in [-0.39, 0.29) is 17.7 Å². The van der Waals surface area contributed by atoms with Crippen LogP contribution in [-0.4, -0.2) is 41.3 Å². The highest BCUT2D eigenvalue weighted by Crippen LogP contribution is 2.12. The molecule has 0 aliphatic rings. The summed E-state index contributed by atoms with van der Waals surface area (Å²) in [7, 11) is 1.60. The Kier molecular flexibility index (Phi) is 8.27. The second kappa shape index (κ2) is 10.9. The standard InChI is InChI=1S/C21H28N4O3/c1-16(2)20(21(27)22-12-4-14-25-15-5-13-23-25)24-19(26)11-8-17-6-9-18(28-3)10-7-17/h5-11,13,15-16,20H,4,12,14H2,1-3H3,(H,22,27)(H,24,26)/b11-8+. The number of carbonyl (C=O) groups excluding carboxylic acids is 2. The monoisotopic (exact) mass is 384 g/mol. The Hall–Kier alpha value is -3.09. The highest BCUT2D eigenvalue weighted by molar-refractivity contribution is 5.95. The maximum Gasteiger partial charge on any atom is 0.244 e. The Morgan fingerprint density at radius 2 is 2.00 bits per heavy atom. The van der Waals surface area contributed by atoms with Gasteiger partial charge in [-0.05, 0) is 42.2 Å². The van der Waals surface area contributed by atoms with Crippen molar-refractivity contribution in [2.45, 2.75) is 32.9 Å². The molecule has 0 saturated carbocycles. The number of benzene rings is 1. The number of aromatic nitrogens is 2. The minimum atomic E-state index is -0.585. The summed E-state index contributed by atoms with van der Waals surface area (Å²) in [5.41, 5.74) is 0.875. The Morgan fingerprint density at radius 3 is 2.61 bits per heavy atom. The van der Waals surface area contributed by atoms with E-state index in [0.717, 1.165) is 24.3 Å². The first-order chi connectivity index (χ1) is 13.5. The summed E-state index contributed by atoms with van der Waals surface area (Å²) in [5.74, 6) is 0.248. The second-order valence-electron chi connectivity index (χ2n) is 6.75. The highest BCUT2D eigenvalue weighted by atomic mass is 16.5. The molecule has 2 rings (SSSR count). The molecule has 150 valence electrons. The summed E-state index contributed by atoms with van der Waals surface area (Å²) >= 11 is 0. The fourth-order valence-electron chi connectivity index (χ4n) is 2.62. The lowest BCUT2D eigenvalue weighted by Crippen LogP contribution is -2.49. The van der Waals surface area contributed by atoms with Crippen molar-refractivity contribution in [1.82, 2.24) is 20.4 Å². The number of amides is 2. The molecule has 0 bridgehead atoms. The van der Waals surface area contributed by atoms with Gasteiger partial charge in [0.15, 0.2) is 0 Å². The van der Waals surface area contributed by atoms with Gasteiger partial charge in [-0.25, -0.2) is 0 Å². The van der Waals surface area contributed by atoms with Crippen molar-refractivity contribution in [1.29, 1.82) is 0 Å². The average Bonchev–Trinajstić information content (AvgIpc) is 3.21. The predicted octanol–water partition coefficient (Wildman–Crippen LogP) is 2.25. The van der Waals surface area contributed by atoms with Crippen LogP contribution < -0.4 is 15.4 Å². The molecule has 0 aliphatic heterocycles. The molecule has 7 nitrogen and oxygen atoms in total. The van der Waals surface area contributed by atoms with Gasteiger partial charge in [-0.2, -0.15) is 5.10 Å². The summed E-state index contributed by atoms with van der Waals surface area (Å²) in [6.45, 7) is 5.07. The number of rotatable bonds is 10. The average molecular weight is 384 g/mol. The van der Waals surface area contributed by atoms with Crippen LogP contribution in [0.5, 0.6) is 5.75 Å². The van der Waals surface area contributed by atoms with E-state index in [1.165, 1.54) is 6.08 Å². The molecule has 1 aromatic carbocycles. The van der Waals surface area contributed by atoms with E-state index in [2.05, 4.69) is 15.7 Å². The van der Waals surface area contributed by atoms with Crippen molar-refractivity contribution in [3.8, 4) is 5.75 Å². The van der Waals surface area contributed by atoms with Gasteiger partial charge >= 0.3 is 0 Å². The van der Waals surface area contributed by atoms with Crippen LogP contribution in [-0.2, 0) is 16.1 Å². The molecule has 2 aromatic rings. The molecule has 2 N–H and O–H groups in total. The largest absolute Gasteiger partial charge is 0.497 e. The number of hydrogen-bond acceptors (Lipinski definition) is 4. The number of nitrogens with one attached hydrogen (secondary N) is 2. The van der Waals surface area contributed by atoms with Crippen LogP contribution in [0.25, 0.3) is 6.08 Å². The summed E-state index contributed by atoms with van der Waals surface area (Å²) in [5, 5.41) is 9.79. The molecule has 0 spiro atoms. The van der Waals surface area contributed by atoms with Gasteiger partial charge in [0.05, 0.1) is 7.11 Å². The second-order valence-corrected chi connectivity index (χ2v) is 6.75. The Morgan fingerprint density at radius 1 is 1.25 bits per heavy atom. The molecule has 0 radical (unpaired) electrons. The van der Waals surface area contributed by atoms with Gasteiger partial charge in [0, 0.05) is 31.6 Å². The number of hydrogen-bond donors (Lipinski definition) is 2. The predicted molar refractivity (Wildman–Crippen MR) is 109 cm³/mol. The minimum Gasteiger partial charge on any atom is -0.497 e. The van der Waals surface area contributed by atoms with E-state index in [0.29, 0.717) is 6.54 Å². The summed E-state index contributed by atoms with van der Waals surface area (Å²) < 4.78 is 6.93. The zero-order valence-electron chi connectivity index (χ0n) is 16.6. The first kappa shape index (κ1) is 21.2. The number of nitrogens with zero attached hydrogens (tertiary/aromatic N) is 2. The van der Waals surface area contributed by atoms with Gasteiger partial charge in [-0.1, -0.05) is 26.0 Å². The highest BCUT2D eigenvalue weighted by Gasteiger charge is 2.22. The van der Waals surface area contributed by atoms with Gasteiger partial charge in [0.25, 0.3) is 0 Å². The molecule has 1 unspecified atom stereocenters. The van der Waals surface area contributed by atoms with E-state index in [1.54, 1.807) is 19.4 Å². The normalized spacial score (nSPS) is 12.1. The molecule has 28 heavy (non-hydrogen) atoms. The van der Waals surface area contributed by atoms with E-state index >= 15 is 0 Å². The van der Waals surface area contributed by atoms with Crippen molar-refractivity contribution >= 4 is 17.9 Å². The minimum absolute atomic E-state index is 0.0237. The zero-order chi connectivity index (χ0) is 20.4. The number of aryl methyl sites for hydroxylation is 1. The maximum atomic E-state index is 12.4. The molecule has 0 aliphatic carbocycles. The van der Waals surface area contributed by atoms with Crippen LogP contribution in [0.15, 0.2) is 48.8 Å². The Bertz CT molecular complexity index is 767. The SMILES string of the molecule is COc1ccc(/C=C/C(=O)NC(C(=O)NCCCn2cccn2)C(C)C)cc1. The number of methoxy groups -OCH3 is 1. The van der Waals surface area contributed by atoms with Crippen molar-refractivity contribution in [3.05, 3.63) is 54.4 Å². The lowest BCUT2D eigenvalue weighted by molar-refractivity contribution is -0.128. The number of carbonyl (C=O) groups is 2. The van der Waals surface area contributed by atoms with Crippen molar-refractivity contribution in [2.24, 2.45) is 5.92 Å². The quantitative estimate of drug-likeness (QED) is 0.486. The summed E-state index contributed by atoms with van der Waals surface area (Å²) in [6, 6.07) is 8.64. The van der Waals surface area contributed by atoms with Crippen LogP contribution in [0, 0.1) is 5.92 Å². The smallest absolute Gasteiger partial charge is 0.244 e. The molecule has 0 saturated heterocycles. The van der Waals surface area contributed by atoms with Gasteiger partial charge in [-0.15, -0.1) is 0 Å². The van der Waals surface area contributed by atoms with Crippen LogP contribution in [0.3, 0.4) is 0 Å². The van der Waals surface area contributed by atoms with Crippen molar-refractivity contribution in [2.75, 3.05) is 13.7 Å². The Labute approximate surface area is 165 Å². The van der Waals surface area contributed by atoms with Crippen LogP contribution in [0.2, 0.25) is 0 Å². The van der Waals surface area contributed by atoms with Crippen molar-refractivity contribution < 1.29 is 14.3 Å². The third-order valence-corrected chi connectivity index (χ3v) is 4.21. The van der Waals surface area contributed by atoms with Gasteiger partial charge in [-0.3, -0.25) is 14.3 Å².